The quantitative estimate of drug-likeness (QED) is 0.290. The van der Waals surface area contributed by atoms with Crippen molar-refractivity contribution >= 4 is 27.9 Å². The molecule has 0 spiro atoms. The van der Waals surface area contributed by atoms with Gasteiger partial charge in [0.2, 0.25) is 0 Å². The van der Waals surface area contributed by atoms with Gasteiger partial charge in [0, 0.05) is 47.5 Å². The molecular formula is C26H20F2N8. The minimum Gasteiger partial charge on any atom is -0.382 e. The summed E-state index contributed by atoms with van der Waals surface area (Å²) in [7, 11) is 0. The molecule has 0 fully saturated rings. The van der Waals surface area contributed by atoms with E-state index in [2.05, 4.69) is 40.4 Å². The molecule has 1 aromatic carbocycles. The van der Waals surface area contributed by atoms with E-state index in [9.17, 15) is 4.39 Å². The number of H-pyrrole nitrogens is 2. The number of aromatic nitrogens is 7. The number of nitrogens with zero attached hydrogens (tertiary/aromatic N) is 5. The Bertz CT molecular complexity index is 1740. The summed E-state index contributed by atoms with van der Waals surface area (Å²) < 4.78 is 29.8. The number of fused-ring (bicyclic) bond motifs is 2. The number of hydrogen-bond acceptors (Lipinski definition) is 6. The first-order chi connectivity index (χ1) is 17.5. The second-order valence-corrected chi connectivity index (χ2v) is 8.69. The molecule has 0 atom stereocenters. The number of rotatable bonds is 5. The van der Waals surface area contributed by atoms with Crippen molar-refractivity contribution in [3.63, 3.8) is 0 Å². The van der Waals surface area contributed by atoms with Crippen LogP contribution in [0, 0.1) is 11.6 Å². The SMILES string of the molecule is CC(C)Nc1cncc(-c2cnc3[nH]nc(-c4nc5c(-c6cccc(F)c6)ccnc5[nH]4)c3c2F)c1. The first-order valence-corrected chi connectivity index (χ1v) is 11.3. The predicted molar refractivity (Wildman–Crippen MR) is 134 cm³/mol. The Balaban J connectivity index is 1.49. The fraction of sp³-hybridized carbons (Fsp3) is 0.115. The third-order valence-corrected chi connectivity index (χ3v) is 5.78. The van der Waals surface area contributed by atoms with Crippen LogP contribution >= 0.6 is 0 Å². The molecule has 3 N–H and O–H groups in total. The highest BCUT2D eigenvalue weighted by Gasteiger charge is 2.21. The lowest BCUT2D eigenvalue weighted by Crippen LogP contribution is -2.09. The van der Waals surface area contributed by atoms with Crippen molar-refractivity contribution < 1.29 is 8.78 Å². The van der Waals surface area contributed by atoms with Crippen molar-refractivity contribution in [3.05, 3.63) is 72.8 Å². The van der Waals surface area contributed by atoms with E-state index in [1.54, 1.807) is 36.8 Å². The second kappa shape index (κ2) is 8.49. The summed E-state index contributed by atoms with van der Waals surface area (Å²) in [6.07, 6.45) is 6.35. The number of halogens is 2. The van der Waals surface area contributed by atoms with E-state index in [0.29, 0.717) is 39.2 Å². The van der Waals surface area contributed by atoms with Crippen LogP contribution in [0.5, 0.6) is 0 Å². The molecular weight excluding hydrogens is 462 g/mol. The number of anilines is 1. The van der Waals surface area contributed by atoms with Crippen molar-refractivity contribution in [1.82, 2.24) is 35.1 Å². The summed E-state index contributed by atoms with van der Waals surface area (Å²) in [6, 6.07) is 10.0. The van der Waals surface area contributed by atoms with Crippen molar-refractivity contribution in [2.24, 2.45) is 0 Å². The normalized spacial score (nSPS) is 11.6. The van der Waals surface area contributed by atoms with Gasteiger partial charge >= 0.3 is 0 Å². The summed E-state index contributed by atoms with van der Waals surface area (Å²) in [4.78, 5) is 20.7. The Morgan fingerprint density at radius 1 is 0.917 bits per heavy atom. The Kier molecular flexibility index (Phi) is 5.14. The number of aromatic amines is 2. The summed E-state index contributed by atoms with van der Waals surface area (Å²) in [5.74, 6) is -0.529. The van der Waals surface area contributed by atoms with Crippen molar-refractivity contribution in [2.45, 2.75) is 19.9 Å². The smallest absolute Gasteiger partial charge is 0.161 e. The molecule has 36 heavy (non-hydrogen) atoms. The summed E-state index contributed by atoms with van der Waals surface area (Å²) in [5.41, 5.74) is 4.56. The number of pyridine rings is 3. The van der Waals surface area contributed by atoms with Crippen LogP contribution in [0.4, 0.5) is 14.5 Å². The average molecular weight is 482 g/mol. The average Bonchev–Trinajstić information content (AvgIpc) is 3.48. The van der Waals surface area contributed by atoms with Crippen LogP contribution in [0.1, 0.15) is 13.8 Å². The fourth-order valence-corrected chi connectivity index (χ4v) is 4.24. The molecule has 5 aromatic heterocycles. The van der Waals surface area contributed by atoms with Crippen molar-refractivity contribution in [1.29, 1.82) is 0 Å². The molecule has 8 nitrogen and oxygen atoms in total. The highest BCUT2D eigenvalue weighted by molar-refractivity contribution is 5.96. The van der Waals surface area contributed by atoms with E-state index in [1.165, 1.54) is 18.3 Å². The van der Waals surface area contributed by atoms with E-state index >= 15 is 4.39 Å². The van der Waals surface area contributed by atoms with E-state index in [-0.39, 0.29) is 28.6 Å². The highest BCUT2D eigenvalue weighted by atomic mass is 19.1. The molecule has 0 amide bonds. The predicted octanol–water partition coefficient (Wildman–Crippen LogP) is 5.72. The standard InChI is InChI=1S/C26H20F2N8/c1-13(2)32-17-9-15(10-29-11-17)19-12-31-24-20(21(19)28)23(35-36-24)26-33-22-18(6-7-30-25(22)34-26)14-4-3-5-16(27)8-14/h3-13,32H,1-2H3,(H,30,33,34)(H,31,35,36). The Hall–Kier alpha value is -4.73. The van der Waals surface area contributed by atoms with E-state index in [4.69, 9.17) is 0 Å². The van der Waals surface area contributed by atoms with Crippen LogP contribution < -0.4 is 5.32 Å². The second-order valence-electron chi connectivity index (χ2n) is 8.69. The van der Waals surface area contributed by atoms with Gasteiger partial charge in [-0.3, -0.25) is 10.1 Å². The van der Waals surface area contributed by atoms with Crippen LogP contribution in [0.25, 0.3) is 56.0 Å². The van der Waals surface area contributed by atoms with Gasteiger partial charge in [0.15, 0.2) is 17.1 Å². The van der Waals surface area contributed by atoms with Gasteiger partial charge in [0.25, 0.3) is 0 Å². The molecule has 0 saturated carbocycles. The van der Waals surface area contributed by atoms with Gasteiger partial charge in [0.1, 0.15) is 22.8 Å². The lowest BCUT2D eigenvalue weighted by Gasteiger charge is -2.11. The molecule has 0 aliphatic carbocycles. The highest BCUT2D eigenvalue weighted by Crippen LogP contribution is 2.34. The zero-order chi connectivity index (χ0) is 24.8. The number of hydrogen-bond donors (Lipinski definition) is 3. The van der Waals surface area contributed by atoms with Crippen LogP contribution in [0.3, 0.4) is 0 Å². The molecule has 5 heterocycles. The lowest BCUT2D eigenvalue weighted by molar-refractivity contribution is 0.628. The summed E-state index contributed by atoms with van der Waals surface area (Å²) in [6.45, 7) is 4.03. The summed E-state index contributed by atoms with van der Waals surface area (Å²) >= 11 is 0. The topological polar surface area (TPSA) is 108 Å². The van der Waals surface area contributed by atoms with E-state index in [0.717, 1.165) is 5.69 Å². The lowest BCUT2D eigenvalue weighted by atomic mass is 10.1. The van der Waals surface area contributed by atoms with Gasteiger partial charge in [-0.25, -0.2) is 23.7 Å². The maximum atomic E-state index is 15.9. The van der Waals surface area contributed by atoms with E-state index in [1.807, 2.05) is 19.9 Å². The van der Waals surface area contributed by atoms with E-state index < -0.39 is 5.82 Å². The third-order valence-electron chi connectivity index (χ3n) is 5.78. The monoisotopic (exact) mass is 482 g/mol. The molecule has 6 rings (SSSR count). The molecule has 6 aromatic rings. The van der Waals surface area contributed by atoms with Crippen LogP contribution in [-0.4, -0.2) is 41.2 Å². The molecule has 0 radical (unpaired) electrons. The first kappa shape index (κ1) is 21.8. The number of nitrogens with one attached hydrogen (secondary N) is 3. The van der Waals surface area contributed by atoms with Crippen molar-refractivity contribution in [3.8, 4) is 33.8 Å². The van der Waals surface area contributed by atoms with Gasteiger partial charge in [-0.15, -0.1) is 0 Å². The maximum Gasteiger partial charge on any atom is 0.161 e. The fourth-order valence-electron chi connectivity index (χ4n) is 4.24. The van der Waals surface area contributed by atoms with Gasteiger partial charge in [-0.2, -0.15) is 5.10 Å². The molecule has 0 aliphatic heterocycles. The molecule has 0 unspecified atom stereocenters. The molecule has 10 heteroatoms. The zero-order valence-electron chi connectivity index (χ0n) is 19.3. The van der Waals surface area contributed by atoms with Crippen LogP contribution in [0.2, 0.25) is 0 Å². The van der Waals surface area contributed by atoms with Gasteiger partial charge in [0.05, 0.1) is 11.1 Å². The number of benzene rings is 1. The Morgan fingerprint density at radius 2 is 1.81 bits per heavy atom. The largest absolute Gasteiger partial charge is 0.382 e. The zero-order valence-corrected chi connectivity index (χ0v) is 19.3. The first-order valence-electron chi connectivity index (χ1n) is 11.3. The van der Waals surface area contributed by atoms with Gasteiger partial charge < -0.3 is 10.3 Å². The van der Waals surface area contributed by atoms with Gasteiger partial charge in [-0.05, 0) is 43.7 Å². The Morgan fingerprint density at radius 3 is 2.64 bits per heavy atom. The molecule has 0 saturated heterocycles. The molecule has 178 valence electrons. The molecule has 0 aliphatic rings. The summed E-state index contributed by atoms with van der Waals surface area (Å²) in [5, 5.41) is 10.5. The maximum absolute atomic E-state index is 15.9. The molecule has 0 bridgehead atoms. The Labute approximate surface area is 203 Å². The van der Waals surface area contributed by atoms with Gasteiger partial charge in [-0.1, -0.05) is 12.1 Å². The third kappa shape index (κ3) is 3.72. The number of imidazole rings is 1. The minimum atomic E-state index is -0.494. The van der Waals surface area contributed by atoms with Crippen LogP contribution in [0.15, 0.2) is 61.2 Å². The minimum absolute atomic E-state index is 0.195. The van der Waals surface area contributed by atoms with Crippen LogP contribution in [-0.2, 0) is 0 Å². The van der Waals surface area contributed by atoms with Crippen molar-refractivity contribution in [2.75, 3.05) is 5.32 Å².